The van der Waals surface area contributed by atoms with E-state index >= 15 is 0 Å². The van der Waals surface area contributed by atoms with Crippen molar-refractivity contribution in [1.29, 1.82) is 0 Å². The van der Waals surface area contributed by atoms with Gasteiger partial charge in [-0.25, -0.2) is 15.0 Å². The van der Waals surface area contributed by atoms with Gasteiger partial charge in [-0.05, 0) is 87.8 Å². The van der Waals surface area contributed by atoms with Crippen LogP contribution in [0.25, 0.3) is 30.6 Å². The first-order valence-corrected chi connectivity index (χ1v) is 23.6. The molecule has 3 aromatic carbocycles. The number of nitrogens with one attached hydrogen (secondary N) is 3. The molecule has 0 aliphatic carbocycles. The van der Waals surface area contributed by atoms with Crippen LogP contribution in [0.4, 0.5) is 15.4 Å². The number of anilines is 3. The Labute approximate surface area is 396 Å². The van der Waals surface area contributed by atoms with E-state index in [0.29, 0.717) is 86.0 Å². The van der Waals surface area contributed by atoms with Crippen molar-refractivity contribution in [3.8, 4) is 0 Å². The van der Waals surface area contributed by atoms with Gasteiger partial charge in [-0.1, -0.05) is 70.4 Å². The largest absolute Gasteiger partial charge is 0.481 e. The average Bonchev–Trinajstić information content (AvgIpc) is 4.00. The zero-order valence-corrected chi connectivity index (χ0v) is 38.8. The molecule has 358 valence electrons. The number of carboxylic acids is 5. The Kier molecular flexibility index (Phi) is 24.6. The van der Waals surface area contributed by atoms with Gasteiger partial charge < -0.3 is 41.5 Å². The molecule has 3 aromatic heterocycles. The summed E-state index contributed by atoms with van der Waals surface area (Å²) < 4.78 is 3.09. The maximum Gasteiger partial charge on any atom is 0.303 e. The topological polar surface area (TPSA) is 312 Å². The first kappa shape index (κ1) is 54.4. The molecule has 67 heavy (non-hydrogen) atoms. The summed E-state index contributed by atoms with van der Waals surface area (Å²) in [4.78, 5) is 98.6. The molecule has 0 aliphatic heterocycles. The Balaban J connectivity index is 0.000000243. The molecule has 19 nitrogen and oxygen atoms in total. The van der Waals surface area contributed by atoms with Crippen molar-refractivity contribution >= 4 is 128 Å². The number of nitrogens with zero attached hydrogens (tertiary/aromatic N) is 3. The number of carbonyl (C=O) groups is 8. The summed E-state index contributed by atoms with van der Waals surface area (Å²) in [6.45, 7) is 0. The number of para-hydroxylation sites is 3. The monoisotopic (exact) mass is 980 g/mol. The average molecular weight is 981 g/mol. The molecule has 0 radical (unpaired) electrons. The molecule has 0 fully saturated rings. The molecule has 3 amide bonds. The normalized spacial score (nSPS) is 10.3. The Morgan fingerprint density at radius 3 is 0.761 bits per heavy atom. The van der Waals surface area contributed by atoms with Gasteiger partial charge in [-0.2, -0.15) is 0 Å². The number of hydrogen-bond donors (Lipinski definition) is 8. The number of hydrogen-bond acceptors (Lipinski definition) is 14. The molecular formula is C45H52N6O13S3. The highest BCUT2D eigenvalue weighted by Gasteiger charge is 2.11. The van der Waals surface area contributed by atoms with Gasteiger partial charge in [0.15, 0.2) is 15.4 Å². The highest BCUT2D eigenvalue weighted by molar-refractivity contribution is 7.23. The lowest BCUT2D eigenvalue weighted by molar-refractivity contribution is -0.139. The van der Waals surface area contributed by atoms with E-state index < -0.39 is 29.8 Å². The summed E-state index contributed by atoms with van der Waals surface area (Å²) in [5.41, 5.74) is 2.61. The van der Waals surface area contributed by atoms with E-state index in [1.54, 1.807) is 0 Å². The number of carbonyl (C=O) groups excluding carboxylic acids is 3. The van der Waals surface area contributed by atoms with E-state index in [1.807, 2.05) is 72.8 Å². The third-order valence-electron chi connectivity index (χ3n) is 8.79. The Morgan fingerprint density at radius 1 is 0.343 bits per heavy atom. The second-order valence-corrected chi connectivity index (χ2v) is 17.5. The minimum Gasteiger partial charge on any atom is -0.481 e. The first-order chi connectivity index (χ1) is 32.1. The Morgan fingerprint density at radius 2 is 0.552 bits per heavy atom. The van der Waals surface area contributed by atoms with Crippen molar-refractivity contribution in [2.24, 2.45) is 0 Å². The molecule has 0 saturated carbocycles. The molecule has 22 heteroatoms. The van der Waals surface area contributed by atoms with Crippen molar-refractivity contribution in [2.75, 3.05) is 16.0 Å². The molecule has 0 bridgehead atoms. The quantitative estimate of drug-likeness (QED) is 0.0277. The van der Waals surface area contributed by atoms with Gasteiger partial charge in [-0.15, -0.1) is 0 Å². The van der Waals surface area contributed by atoms with Gasteiger partial charge in [0.25, 0.3) is 0 Å². The second kappa shape index (κ2) is 30.3. The summed E-state index contributed by atoms with van der Waals surface area (Å²) in [6, 6.07) is 23.0. The molecule has 0 atom stereocenters. The molecule has 6 rings (SSSR count). The summed E-state index contributed by atoms with van der Waals surface area (Å²) in [5, 5.41) is 51.7. The van der Waals surface area contributed by atoms with Crippen molar-refractivity contribution in [3.05, 3.63) is 72.8 Å². The lowest BCUT2D eigenvalue weighted by Crippen LogP contribution is -2.11. The van der Waals surface area contributed by atoms with Gasteiger partial charge in [-0.3, -0.25) is 38.4 Å². The Hall–Kier alpha value is -6.91. The van der Waals surface area contributed by atoms with Crippen LogP contribution in [0.2, 0.25) is 0 Å². The van der Waals surface area contributed by atoms with Gasteiger partial charge in [0.2, 0.25) is 17.7 Å². The molecular weight excluding hydrogens is 929 g/mol. The highest BCUT2D eigenvalue weighted by Crippen LogP contribution is 2.27. The standard InChI is InChI=1S/3C13H14N2O3S.C6H10O4/c3*16-11(7-3-4-8-12(17)18)15-13-14-9-5-1-2-6-10(9)19-13;7-5(8)3-1-2-4-6(9)10/h3*1-2,5-6H,3-4,7-8H2,(H,17,18)(H,14,15,16);1-4H2,(H,7,8)(H,9,10). The minimum atomic E-state index is -0.870. The number of rotatable bonds is 23. The van der Waals surface area contributed by atoms with Crippen LogP contribution in [0.1, 0.15) is 103 Å². The minimum absolute atomic E-state index is 0.0628. The third kappa shape index (κ3) is 23.7. The number of aliphatic carboxylic acids is 5. The van der Waals surface area contributed by atoms with Crippen LogP contribution < -0.4 is 16.0 Å². The van der Waals surface area contributed by atoms with Crippen LogP contribution in [-0.2, 0) is 38.4 Å². The predicted molar refractivity (Wildman–Crippen MR) is 257 cm³/mol. The number of thiazole rings is 3. The van der Waals surface area contributed by atoms with Crippen LogP contribution >= 0.6 is 34.0 Å². The predicted octanol–water partition coefficient (Wildman–Crippen LogP) is 9.36. The fourth-order valence-electron chi connectivity index (χ4n) is 5.56. The first-order valence-electron chi connectivity index (χ1n) is 21.1. The summed E-state index contributed by atoms with van der Waals surface area (Å²) in [7, 11) is 0. The fourth-order valence-corrected chi connectivity index (χ4v) is 8.21. The number of fused-ring (bicyclic) bond motifs is 3. The van der Waals surface area contributed by atoms with Crippen LogP contribution in [-0.4, -0.2) is 88.1 Å². The van der Waals surface area contributed by atoms with E-state index in [0.717, 1.165) is 30.6 Å². The van der Waals surface area contributed by atoms with Crippen LogP contribution in [0, 0.1) is 0 Å². The maximum absolute atomic E-state index is 11.6. The zero-order valence-electron chi connectivity index (χ0n) is 36.3. The van der Waals surface area contributed by atoms with Gasteiger partial charge >= 0.3 is 29.8 Å². The lowest BCUT2D eigenvalue weighted by Gasteiger charge is -2.00. The van der Waals surface area contributed by atoms with E-state index in [-0.39, 0.29) is 49.8 Å². The van der Waals surface area contributed by atoms with Crippen molar-refractivity contribution in [3.63, 3.8) is 0 Å². The van der Waals surface area contributed by atoms with E-state index in [4.69, 9.17) is 25.5 Å². The number of amides is 3. The van der Waals surface area contributed by atoms with E-state index in [2.05, 4.69) is 30.9 Å². The molecule has 0 aliphatic rings. The van der Waals surface area contributed by atoms with Crippen molar-refractivity contribution < 1.29 is 63.9 Å². The second-order valence-electron chi connectivity index (χ2n) is 14.4. The van der Waals surface area contributed by atoms with Crippen molar-refractivity contribution in [2.45, 2.75) is 103 Å². The SMILES string of the molecule is O=C(O)CCCCC(=O)Nc1nc2ccccc2s1.O=C(O)CCCCC(=O)Nc1nc2ccccc2s1.O=C(O)CCCCC(=O)Nc1nc2ccccc2s1.O=C(O)CCCCC(=O)O. The molecule has 0 unspecified atom stereocenters. The van der Waals surface area contributed by atoms with Gasteiger partial charge in [0.05, 0.1) is 30.6 Å². The number of carboxylic acid groups (broad SMARTS) is 5. The number of benzene rings is 3. The molecule has 0 saturated heterocycles. The maximum atomic E-state index is 11.6. The zero-order chi connectivity index (χ0) is 49.0. The molecule has 0 spiro atoms. The highest BCUT2D eigenvalue weighted by atomic mass is 32.1. The smallest absolute Gasteiger partial charge is 0.303 e. The van der Waals surface area contributed by atoms with Crippen LogP contribution in [0.3, 0.4) is 0 Å². The summed E-state index contributed by atoms with van der Waals surface area (Å²) in [6.07, 6.45) is 5.57. The van der Waals surface area contributed by atoms with E-state index in [1.165, 1.54) is 34.0 Å². The summed E-state index contributed by atoms with van der Waals surface area (Å²) in [5.74, 6) is -4.58. The molecule has 6 aromatic rings. The number of aromatic nitrogens is 3. The van der Waals surface area contributed by atoms with Gasteiger partial charge in [0, 0.05) is 51.4 Å². The summed E-state index contributed by atoms with van der Waals surface area (Å²) >= 11 is 4.30. The van der Waals surface area contributed by atoms with Crippen LogP contribution in [0.5, 0.6) is 0 Å². The number of unbranched alkanes of at least 4 members (excludes halogenated alkanes) is 4. The third-order valence-corrected chi connectivity index (χ3v) is 11.6. The lowest BCUT2D eigenvalue weighted by atomic mass is 10.2. The Bertz CT molecular complexity index is 2210. The van der Waals surface area contributed by atoms with Crippen molar-refractivity contribution in [1.82, 2.24) is 15.0 Å². The van der Waals surface area contributed by atoms with E-state index in [9.17, 15) is 38.4 Å². The fraction of sp³-hybridized carbons (Fsp3) is 0.356. The van der Waals surface area contributed by atoms with Gasteiger partial charge in [0.1, 0.15) is 0 Å². The molecule has 8 N–H and O–H groups in total. The van der Waals surface area contributed by atoms with Crippen LogP contribution in [0.15, 0.2) is 72.8 Å². The molecule has 3 heterocycles.